The fourth-order valence-electron chi connectivity index (χ4n) is 1.12. The lowest BCUT2D eigenvalue weighted by Crippen LogP contribution is -2.04. The van der Waals surface area contributed by atoms with Gasteiger partial charge in [0.05, 0.1) is 26.3 Å². The number of nitrogens with zero attached hydrogens (tertiary/aromatic N) is 1. The Hall–Kier alpha value is -2.17. The minimum Gasteiger partial charge on any atom is -0.469 e. The van der Waals surface area contributed by atoms with Crippen LogP contribution in [0.3, 0.4) is 0 Å². The summed E-state index contributed by atoms with van der Waals surface area (Å²) in [5.74, 6) is -0.821. The zero-order valence-corrected chi connectivity index (χ0v) is 9.67. The molecule has 5 nitrogen and oxygen atoms in total. The molecule has 0 radical (unpaired) electrons. The molecule has 0 saturated heterocycles. The van der Waals surface area contributed by atoms with Crippen LogP contribution in [-0.2, 0) is 14.3 Å². The lowest BCUT2D eigenvalue weighted by molar-refractivity contribution is -0.139. The van der Waals surface area contributed by atoms with Crippen LogP contribution in [-0.4, -0.2) is 31.1 Å². The number of pyridine rings is 1. The molecule has 17 heavy (non-hydrogen) atoms. The first-order chi connectivity index (χ1) is 8.17. The molecule has 0 N–H and O–H groups in total. The lowest BCUT2D eigenvalue weighted by atomic mass is 10.2. The minimum absolute atomic E-state index is 0.167. The zero-order valence-electron chi connectivity index (χ0n) is 9.67. The normalized spacial score (nSPS) is 10.2. The second-order valence-electron chi connectivity index (χ2n) is 3.12. The van der Waals surface area contributed by atoms with Gasteiger partial charge in [0, 0.05) is 0 Å². The fraction of sp³-hybridized carbons (Fsp3) is 0.250. The van der Waals surface area contributed by atoms with Crippen molar-refractivity contribution in [2.24, 2.45) is 0 Å². The maximum atomic E-state index is 11.2. The van der Waals surface area contributed by atoms with E-state index in [0.717, 1.165) is 0 Å². The number of hydrogen-bond acceptors (Lipinski definition) is 5. The van der Waals surface area contributed by atoms with E-state index in [1.807, 2.05) is 0 Å². The Morgan fingerprint density at radius 2 is 2.06 bits per heavy atom. The van der Waals surface area contributed by atoms with Crippen molar-refractivity contribution in [2.75, 3.05) is 14.2 Å². The molecule has 0 amide bonds. The first-order valence-corrected chi connectivity index (χ1v) is 4.96. The van der Waals surface area contributed by atoms with Gasteiger partial charge in [0.1, 0.15) is 5.69 Å². The van der Waals surface area contributed by atoms with E-state index in [-0.39, 0.29) is 18.1 Å². The molecule has 0 saturated carbocycles. The summed E-state index contributed by atoms with van der Waals surface area (Å²) < 4.78 is 9.03. The highest BCUT2D eigenvalue weighted by Crippen LogP contribution is 2.03. The molecule has 0 spiro atoms. The first-order valence-electron chi connectivity index (χ1n) is 4.96. The van der Waals surface area contributed by atoms with Gasteiger partial charge in [-0.1, -0.05) is 12.1 Å². The zero-order chi connectivity index (χ0) is 12.7. The fourth-order valence-corrected chi connectivity index (χ4v) is 1.12. The van der Waals surface area contributed by atoms with Crippen molar-refractivity contribution in [3.63, 3.8) is 0 Å². The summed E-state index contributed by atoms with van der Waals surface area (Å²) in [5.41, 5.74) is 0.810. The van der Waals surface area contributed by atoms with E-state index in [4.69, 9.17) is 0 Å². The molecular formula is C12H13NO4. The van der Waals surface area contributed by atoms with E-state index in [2.05, 4.69) is 14.5 Å². The highest BCUT2D eigenvalue weighted by Gasteiger charge is 2.06. The third-order valence-corrected chi connectivity index (χ3v) is 1.97. The average Bonchev–Trinajstić information content (AvgIpc) is 2.38. The SMILES string of the molecule is COC(=O)CC=Cc1cccc(C(=O)OC)n1. The van der Waals surface area contributed by atoms with Crippen molar-refractivity contribution in [3.8, 4) is 0 Å². The quantitative estimate of drug-likeness (QED) is 0.739. The van der Waals surface area contributed by atoms with E-state index >= 15 is 0 Å². The Balaban J connectivity index is 2.72. The molecule has 0 aliphatic carbocycles. The molecule has 0 aromatic carbocycles. The van der Waals surface area contributed by atoms with Crippen LogP contribution in [0.25, 0.3) is 6.08 Å². The summed E-state index contributed by atoms with van der Waals surface area (Å²) in [4.78, 5) is 26.1. The molecule has 5 heteroatoms. The summed E-state index contributed by atoms with van der Waals surface area (Å²) in [5, 5.41) is 0. The second kappa shape index (κ2) is 6.42. The van der Waals surface area contributed by atoms with Crippen LogP contribution < -0.4 is 0 Å². The molecule has 90 valence electrons. The van der Waals surface area contributed by atoms with Gasteiger partial charge in [-0.3, -0.25) is 4.79 Å². The standard InChI is InChI=1S/C12H13NO4/c1-16-11(14)8-4-6-9-5-3-7-10(13-9)12(15)17-2/h3-7H,8H2,1-2H3. The van der Waals surface area contributed by atoms with Crippen molar-refractivity contribution < 1.29 is 19.1 Å². The third kappa shape index (κ3) is 4.06. The smallest absolute Gasteiger partial charge is 0.356 e. The van der Waals surface area contributed by atoms with E-state index < -0.39 is 5.97 Å². The highest BCUT2D eigenvalue weighted by atomic mass is 16.5. The van der Waals surface area contributed by atoms with Crippen molar-refractivity contribution in [2.45, 2.75) is 6.42 Å². The number of ether oxygens (including phenoxy) is 2. The van der Waals surface area contributed by atoms with E-state index in [1.54, 1.807) is 30.4 Å². The number of hydrogen-bond donors (Lipinski definition) is 0. The Bertz CT molecular complexity index is 440. The van der Waals surface area contributed by atoms with Crippen molar-refractivity contribution in [1.82, 2.24) is 4.98 Å². The van der Waals surface area contributed by atoms with Crippen LogP contribution in [0, 0.1) is 0 Å². The van der Waals surface area contributed by atoms with Gasteiger partial charge in [0.15, 0.2) is 0 Å². The summed E-state index contributed by atoms with van der Waals surface area (Å²) in [7, 11) is 2.62. The number of methoxy groups -OCH3 is 2. The van der Waals surface area contributed by atoms with Crippen molar-refractivity contribution >= 4 is 18.0 Å². The number of rotatable bonds is 4. The number of carbonyl (C=O) groups is 2. The topological polar surface area (TPSA) is 65.5 Å². The molecule has 0 fully saturated rings. The van der Waals surface area contributed by atoms with Crippen molar-refractivity contribution in [1.29, 1.82) is 0 Å². The summed E-state index contributed by atoms with van der Waals surface area (Å²) in [6.45, 7) is 0. The molecule has 1 aromatic heterocycles. The Kier molecular flexibility index (Phi) is 4.87. The molecule has 1 rings (SSSR count). The molecule has 0 bridgehead atoms. The summed E-state index contributed by atoms with van der Waals surface area (Å²) >= 11 is 0. The van der Waals surface area contributed by atoms with Gasteiger partial charge >= 0.3 is 11.9 Å². The Morgan fingerprint density at radius 1 is 1.29 bits per heavy atom. The number of esters is 2. The molecule has 1 aromatic rings. The van der Waals surface area contributed by atoms with Gasteiger partial charge in [0.25, 0.3) is 0 Å². The number of aromatic nitrogens is 1. The molecule has 0 atom stereocenters. The first kappa shape index (κ1) is 12.9. The Morgan fingerprint density at radius 3 is 2.71 bits per heavy atom. The molecule has 0 aliphatic heterocycles. The van der Waals surface area contributed by atoms with Gasteiger partial charge in [-0.15, -0.1) is 0 Å². The molecule has 0 aliphatic rings. The van der Waals surface area contributed by atoms with E-state index in [1.165, 1.54) is 14.2 Å². The lowest BCUT2D eigenvalue weighted by Gasteiger charge is -1.99. The van der Waals surface area contributed by atoms with Gasteiger partial charge < -0.3 is 9.47 Å². The predicted molar refractivity (Wildman–Crippen MR) is 61.2 cm³/mol. The number of carbonyl (C=O) groups excluding carboxylic acids is 2. The minimum atomic E-state index is -0.492. The maximum Gasteiger partial charge on any atom is 0.356 e. The van der Waals surface area contributed by atoms with Crippen LogP contribution in [0.2, 0.25) is 0 Å². The van der Waals surface area contributed by atoms with Crippen molar-refractivity contribution in [3.05, 3.63) is 35.7 Å². The van der Waals surface area contributed by atoms with E-state index in [0.29, 0.717) is 5.69 Å². The van der Waals surface area contributed by atoms with Crippen LogP contribution in [0.15, 0.2) is 24.3 Å². The molecular weight excluding hydrogens is 222 g/mol. The Labute approximate surface area is 99.1 Å². The average molecular weight is 235 g/mol. The summed E-state index contributed by atoms with van der Waals surface area (Å²) in [6, 6.07) is 4.97. The predicted octanol–water partition coefficient (Wildman–Crippen LogP) is 1.44. The molecule has 1 heterocycles. The third-order valence-electron chi connectivity index (χ3n) is 1.97. The van der Waals surface area contributed by atoms with Gasteiger partial charge in [-0.2, -0.15) is 0 Å². The van der Waals surface area contributed by atoms with E-state index in [9.17, 15) is 9.59 Å². The van der Waals surface area contributed by atoms with Gasteiger partial charge in [-0.05, 0) is 18.2 Å². The highest BCUT2D eigenvalue weighted by molar-refractivity contribution is 5.87. The maximum absolute atomic E-state index is 11.2. The second-order valence-corrected chi connectivity index (χ2v) is 3.12. The van der Waals surface area contributed by atoms with Gasteiger partial charge in [-0.25, -0.2) is 9.78 Å². The largest absolute Gasteiger partial charge is 0.469 e. The van der Waals surface area contributed by atoms with Crippen LogP contribution >= 0.6 is 0 Å². The monoisotopic (exact) mass is 235 g/mol. The summed E-state index contributed by atoms with van der Waals surface area (Å²) in [6.07, 6.45) is 3.43. The van der Waals surface area contributed by atoms with Crippen LogP contribution in [0.1, 0.15) is 22.6 Å². The van der Waals surface area contributed by atoms with Crippen LogP contribution in [0.5, 0.6) is 0 Å². The van der Waals surface area contributed by atoms with Gasteiger partial charge in [0.2, 0.25) is 0 Å². The molecule has 0 unspecified atom stereocenters. The van der Waals surface area contributed by atoms with Crippen LogP contribution in [0.4, 0.5) is 0 Å².